The summed E-state index contributed by atoms with van der Waals surface area (Å²) >= 11 is 10.8. The van der Waals surface area contributed by atoms with Crippen LogP contribution in [0.5, 0.6) is 0 Å². The molecular weight excluding hydrogens is 268 g/mol. The molecule has 1 aromatic carbocycles. The quantitative estimate of drug-likeness (QED) is 0.667. The summed E-state index contributed by atoms with van der Waals surface area (Å²) in [6.45, 7) is 0.703. The normalized spacial score (nSPS) is 13.8. The topological polar surface area (TPSA) is 46.3 Å². The maximum Gasteiger partial charge on any atom is 0.231 e. The standard InChI is InChI=1S/C13H15ClN2OS/c14-10-5-4-9-7-13(17)16(11(9)8-10)6-2-1-3-12(15)18/h4-5,8H,1-3,6-7H2,(H2,15,18). The van der Waals surface area contributed by atoms with Gasteiger partial charge in [-0.1, -0.05) is 29.9 Å². The van der Waals surface area contributed by atoms with Gasteiger partial charge in [0.2, 0.25) is 5.91 Å². The summed E-state index contributed by atoms with van der Waals surface area (Å²) in [5.74, 6) is 0.141. The number of thiocarbonyl (C=S) groups is 1. The summed E-state index contributed by atoms with van der Waals surface area (Å²) in [5.41, 5.74) is 7.45. The van der Waals surface area contributed by atoms with Crippen LogP contribution in [0, 0.1) is 0 Å². The minimum atomic E-state index is 0.141. The Labute approximate surface area is 117 Å². The Balaban J connectivity index is 1.99. The molecule has 0 spiro atoms. The first kappa shape index (κ1) is 13.3. The van der Waals surface area contributed by atoms with E-state index in [-0.39, 0.29) is 5.91 Å². The van der Waals surface area contributed by atoms with Gasteiger partial charge in [-0.2, -0.15) is 0 Å². The number of nitrogens with zero attached hydrogens (tertiary/aromatic N) is 1. The molecule has 0 fully saturated rings. The van der Waals surface area contributed by atoms with E-state index in [4.69, 9.17) is 29.6 Å². The monoisotopic (exact) mass is 282 g/mol. The van der Waals surface area contributed by atoms with Crippen molar-refractivity contribution in [3.05, 3.63) is 28.8 Å². The fourth-order valence-corrected chi connectivity index (χ4v) is 2.46. The van der Waals surface area contributed by atoms with Crippen molar-refractivity contribution in [2.45, 2.75) is 25.7 Å². The average Bonchev–Trinajstić information content (AvgIpc) is 2.60. The number of hydrogen-bond acceptors (Lipinski definition) is 2. The largest absolute Gasteiger partial charge is 0.393 e. The van der Waals surface area contributed by atoms with E-state index >= 15 is 0 Å². The van der Waals surface area contributed by atoms with Gasteiger partial charge in [0.25, 0.3) is 0 Å². The molecule has 0 radical (unpaired) electrons. The number of amides is 1. The fourth-order valence-electron chi connectivity index (χ4n) is 2.14. The van der Waals surface area contributed by atoms with E-state index in [1.54, 1.807) is 4.90 Å². The number of hydrogen-bond donors (Lipinski definition) is 1. The van der Waals surface area contributed by atoms with Crippen molar-refractivity contribution in [3.8, 4) is 0 Å². The molecule has 0 saturated heterocycles. The lowest BCUT2D eigenvalue weighted by Crippen LogP contribution is -2.27. The second-order valence-corrected chi connectivity index (χ2v) is 5.38. The highest BCUT2D eigenvalue weighted by Gasteiger charge is 2.26. The van der Waals surface area contributed by atoms with Crippen molar-refractivity contribution in [2.75, 3.05) is 11.4 Å². The van der Waals surface area contributed by atoms with Gasteiger partial charge in [-0.15, -0.1) is 0 Å². The van der Waals surface area contributed by atoms with E-state index in [1.807, 2.05) is 18.2 Å². The van der Waals surface area contributed by atoms with Crippen molar-refractivity contribution in [1.82, 2.24) is 0 Å². The van der Waals surface area contributed by atoms with Gasteiger partial charge in [-0.05, 0) is 37.0 Å². The van der Waals surface area contributed by atoms with Crippen molar-refractivity contribution in [3.63, 3.8) is 0 Å². The summed E-state index contributed by atoms with van der Waals surface area (Å²) in [4.78, 5) is 14.2. The molecule has 1 heterocycles. The number of nitrogens with two attached hydrogens (primary N) is 1. The molecule has 18 heavy (non-hydrogen) atoms. The van der Waals surface area contributed by atoms with Crippen LogP contribution >= 0.6 is 23.8 Å². The van der Waals surface area contributed by atoms with Gasteiger partial charge in [-0.3, -0.25) is 4.79 Å². The van der Waals surface area contributed by atoms with Crippen LogP contribution in [-0.4, -0.2) is 17.4 Å². The van der Waals surface area contributed by atoms with Crippen molar-refractivity contribution >= 4 is 40.4 Å². The third kappa shape index (κ3) is 3.00. The van der Waals surface area contributed by atoms with E-state index in [0.29, 0.717) is 23.0 Å². The van der Waals surface area contributed by atoms with Crippen LogP contribution in [0.1, 0.15) is 24.8 Å². The summed E-state index contributed by atoms with van der Waals surface area (Å²) in [6.07, 6.45) is 3.02. The average molecular weight is 283 g/mol. The molecule has 1 aliphatic rings. The molecule has 3 nitrogen and oxygen atoms in total. The highest BCUT2D eigenvalue weighted by molar-refractivity contribution is 7.80. The van der Waals surface area contributed by atoms with E-state index in [9.17, 15) is 4.79 Å². The molecule has 96 valence electrons. The van der Waals surface area contributed by atoms with Gasteiger partial charge in [0.1, 0.15) is 0 Å². The van der Waals surface area contributed by atoms with Gasteiger partial charge in [0.15, 0.2) is 0 Å². The Bertz CT molecular complexity index is 490. The first-order valence-corrected chi connectivity index (χ1v) is 6.73. The summed E-state index contributed by atoms with van der Waals surface area (Å²) < 4.78 is 0. The number of halogens is 1. The van der Waals surface area contributed by atoms with E-state index < -0.39 is 0 Å². The molecule has 1 aromatic rings. The zero-order chi connectivity index (χ0) is 13.1. The maximum absolute atomic E-state index is 11.9. The van der Waals surface area contributed by atoms with Crippen LogP contribution in [-0.2, 0) is 11.2 Å². The molecule has 5 heteroatoms. The minimum Gasteiger partial charge on any atom is -0.393 e. The fraction of sp³-hybridized carbons (Fsp3) is 0.385. The molecule has 1 aliphatic heterocycles. The van der Waals surface area contributed by atoms with Crippen LogP contribution in [0.15, 0.2) is 18.2 Å². The van der Waals surface area contributed by atoms with Gasteiger partial charge < -0.3 is 10.6 Å². The maximum atomic E-state index is 11.9. The van der Waals surface area contributed by atoms with Crippen LogP contribution in [0.3, 0.4) is 0 Å². The first-order valence-electron chi connectivity index (χ1n) is 5.95. The molecule has 0 bridgehead atoms. The van der Waals surface area contributed by atoms with Crippen molar-refractivity contribution < 1.29 is 4.79 Å². The second kappa shape index (κ2) is 5.67. The predicted octanol–water partition coefficient (Wildman–Crippen LogP) is 2.69. The summed E-state index contributed by atoms with van der Waals surface area (Å²) in [6, 6.07) is 5.60. The molecule has 0 aromatic heterocycles. The Morgan fingerprint density at radius 2 is 2.22 bits per heavy atom. The number of anilines is 1. The highest BCUT2D eigenvalue weighted by atomic mass is 35.5. The zero-order valence-electron chi connectivity index (χ0n) is 9.99. The van der Waals surface area contributed by atoms with Crippen molar-refractivity contribution in [2.24, 2.45) is 5.73 Å². The second-order valence-electron chi connectivity index (χ2n) is 4.42. The van der Waals surface area contributed by atoms with Gasteiger partial charge in [-0.25, -0.2) is 0 Å². The van der Waals surface area contributed by atoms with Crippen LogP contribution in [0.2, 0.25) is 5.02 Å². The van der Waals surface area contributed by atoms with Crippen LogP contribution < -0.4 is 10.6 Å². The Kier molecular flexibility index (Phi) is 4.19. The minimum absolute atomic E-state index is 0.141. The van der Waals surface area contributed by atoms with E-state index in [0.717, 1.165) is 30.5 Å². The molecule has 1 amide bonds. The van der Waals surface area contributed by atoms with Gasteiger partial charge >= 0.3 is 0 Å². The number of rotatable bonds is 5. The summed E-state index contributed by atoms with van der Waals surface area (Å²) in [7, 11) is 0. The third-order valence-corrected chi connectivity index (χ3v) is 3.47. The number of fused-ring (bicyclic) bond motifs is 1. The number of benzene rings is 1. The molecular formula is C13H15ClN2OS. The highest BCUT2D eigenvalue weighted by Crippen LogP contribution is 2.31. The smallest absolute Gasteiger partial charge is 0.231 e. The number of unbranched alkanes of at least 4 members (excludes halogenated alkanes) is 1. The van der Waals surface area contributed by atoms with Crippen LogP contribution in [0.4, 0.5) is 5.69 Å². The molecule has 0 atom stereocenters. The molecule has 2 N–H and O–H groups in total. The SMILES string of the molecule is NC(=S)CCCCN1C(=O)Cc2ccc(Cl)cc21. The van der Waals surface area contributed by atoms with E-state index in [2.05, 4.69) is 0 Å². The molecule has 0 unspecified atom stereocenters. The lowest BCUT2D eigenvalue weighted by atomic mass is 10.2. The third-order valence-electron chi connectivity index (χ3n) is 3.04. The summed E-state index contributed by atoms with van der Waals surface area (Å²) in [5, 5.41) is 0.664. The Morgan fingerprint density at radius 1 is 1.44 bits per heavy atom. The molecule has 0 saturated carbocycles. The molecule has 0 aliphatic carbocycles. The van der Waals surface area contributed by atoms with Gasteiger partial charge in [0, 0.05) is 17.3 Å². The van der Waals surface area contributed by atoms with Crippen molar-refractivity contribution in [1.29, 1.82) is 0 Å². The number of carbonyl (C=O) groups is 1. The molecule has 2 rings (SSSR count). The first-order chi connectivity index (χ1) is 8.58. The number of carbonyl (C=O) groups excluding carboxylic acids is 1. The Hall–Kier alpha value is -1.13. The lowest BCUT2D eigenvalue weighted by Gasteiger charge is -2.17. The Morgan fingerprint density at radius 3 is 2.94 bits per heavy atom. The van der Waals surface area contributed by atoms with Crippen LogP contribution in [0.25, 0.3) is 0 Å². The van der Waals surface area contributed by atoms with Gasteiger partial charge in [0.05, 0.1) is 11.4 Å². The zero-order valence-corrected chi connectivity index (χ0v) is 11.6. The predicted molar refractivity (Wildman–Crippen MR) is 78.1 cm³/mol. The lowest BCUT2D eigenvalue weighted by molar-refractivity contribution is -0.117. The van der Waals surface area contributed by atoms with E-state index in [1.165, 1.54) is 0 Å².